The number of aromatic amines is 1. The van der Waals surface area contributed by atoms with Gasteiger partial charge in [0.25, 0.3) is 5.91 Å². The van der Waals surface area contributed by atoms with Gasteiger partial charge in [0.05, 0.1) is 19.1 Å². The highest BCUT2D eigenvalue weighted by molar-refractivity contribution is 5.94. The summed E-state index contributed by atoms with van der Waals surface area (Å²) >= 11 is 0. The van der Waals surface area contributed by atoms with Crippen molar-refractivity contribution in [2.45, 2.75) is 19.8 Å². The molecular weight excluding hydrogens is 330 g/mol. The Morgan fingerprint density at radius 3 is 2.62 bits per heavy atom. The lowest BCUT2D eigenvalue weighted by Crippen LogP contribution is -2.37. The fourth-order valence-electron chi connectivity index (χ4n) is 3.33. The molecule has 1 saturated heterocycles. The van der Waals surface area contributed by atoms with E-state index >= 15 is 0 Å². The highest BCUT2D eigenvalue weighted by Gasteiger charge is 2.23. The Morgan fingerprint density at radius 1 is 1.12 bits per heavy atom. The summed E-state index contributed by atoms with van der Waals surface area (Å²) in [6.07, 6.45) is 4.56. The number of hydrogen-bond donors (Lipinski definition) is 1. The van der Waals surface area contributed by atoms with Crippen LogP contribution in [0.3, 0.4) is 0 Å². The second-order valence-electron chi connectivity index (χ2n) is 6.62. The monoisotopic (exact) mass is 355 g/mol. The number of aromatic nitrogens is 1. The molecule has 0 spiro atoms. The maximum absolute atomic E-state index is 12.8. The topological polar surface area (TPSA) is 65.6 Å². The van der Waals surface area contributed by atoms with Crippen molar-refractivity contribution in [3.63, 3.8) is 0 Å². The minimum atomic E-state index is 0.0147. The number of carbonyl (C=O) groups is 2. The van der Waals surface area contributed by atoms with E-state index in [0.29, 0.717) is 38.2 Å². The normalized spacial score (nSPS) is 14.8. The Labute approximate surface area is 153 Å². The standard InChI is InChI=1S/C20H25N3O3/c1-15-4-5-18(26-2)17(12-15)13-19(24)22-8-3-9-23(11-10-22)20(25)16-6-7-21-14-16/h4-7,12,14,21H,3,8-11,13H2,1-2H3. The summed E-state index contributed by atoms with van der Waals surface area (Å²) in [5, 5.41) is 0. The van der Waals surface area contributed by atoms with Crippen molar-refractivity contribution in [2.75, 3.05) is 33.3 Å². The number of hydrogen-bond acceptors (Lipinski definition) is 3. The number of nitrogens with one attached hydrogen (secondary N) is 1. The molecule has 6 nitrogen and oxygen atoms in total. The number of benzene rings is 1. The molecule has 138 valence electrons. The highest BCUT2D eigenvalue weighted by atomic mass is 16.5. The van der Waals surface area contributed by atoms with E-state index in [4.69, 9.17) is 4.74 Å². The van der Waals surface area contributed by atoms with Crippen LogP contribution in [0.15, 0.2) is 36.7 Å². The van der Waals surface area contributed by atoms with Gasteiger partial charge >= 0.3 is 0 Å². The van der Waals surface area contributed by atoms with Gasteiger partial charge in [-0.1, -0.05) is 17.7 Å². The number of nitrogens with zero attached hydrogens (tertiary/aromatic N) is 2. The average molecular weight is 355 g/mol. The average Bonchev–Trinajstić information content (AvgIpc) is 3.05. The summed E-state index contributed by atoms with van der Waals surface area (Å²) < 4.78 is 5.38. The van der Waals surface area contributed by atoms with Crippen LogP contribution in [0.4, 0.5) is 0 Å². The molecular formula is C20H25N3O3. The van der Waals surface area contributed by atoms with E-state index in [0.717, 1.165) is 23.3 Å². The first-order valence-electron chi connectivity index (χ1n) is 8.92. The fourth-order valence-corrected chi connectivity index (χ4v) is 3.33. The minimum Gasteiger partial charge on any atom is -0.496 e. The van der Waals surface area contributed by atoms with E-state index in [1.807, 2.05) is 34.9 Å². The van der Waals surface area contributed by atoms with Crippen LogP contribution < -0.4 is 4.74 Å². The van der Waals surface area contributed by atoms with Crippen molar-refractivity contribution < 1.29 is 14.3 Å². The Bertz CT molecular complexity index is 771. The molecule has 1 aromatic carbocycles. The molecule has 1 fully saturated rings. The Kier molecular flexibility index (Phi) is 5.61. The molecule has 1 N–H and O–H groups in total. The number of aryl methyl sites for hydroxylation is 1. The molecule has 2 amide bonds. The lowest BCUT2D eigenvalue weighted by Gasteiger charge is -2.22. The predicted octanol–water partition coefficient (Wildman–Crippen LogP) is 2.25. The second kappa shape index (κ2) is 8.08. The predicted molar refractivity (Wildman–Crippen MR) is 99.3 cm³/mol. The third-order valence-corrected chi connectivity index (χ3v) is 4.76. The molecule has 2 heterocycles. The molecule has 0 aliphatic carbocycles. The maximum atomic E-state index is 12.8. The summed E-state index contributed by atoms with van der Waals surface area (Å²) in [5.74, 6) is 0.828. The number of ether oxygens (including phenoxy) is 1. The number of methoxy groups -OCH3 is 1. The van der Waals surface area contributed by atoms with Crippen molar-refractivity contribution in [1.29, 1.82) is 0 Å². The Morgan fingerprint density at radius 2 is 1.88 bits per heavy atom. The summed E-state index contributed by atoms with van der Waals surface area (Å²) in [6.45, 7) is 4.46. The molecule has 0 unspecified atom stereocenters. The van der Waals surface area contributed by atoms with Crippen LogP contribution in [0.1, 0.15) is 27.9 Å². The van der Waals surface area contributed by atoms with Gasteiger partial charge in [-0.15, -0.1) is 0 Å². The number of rotatable bonds is 4. The van der Waals surface area contributed by atoms with Crippen LogP contribution in [0, 0.1) is 6.92 Å². The van der Waals surface area contributed by atoms with Crippen LogP contribution in [0.5, 0.6) is 5.75 Å². The Hall–Kier alpha value is -2.76. The van der Waals surface area contributed by atoms with Gasteiger partial charge in [-0.25, -0.2) is 0 Å². The molecule has 0 bridgehead atoms. The van der Waals surface area contributed by atoms with E-state index < -0.39 is 0 Å². The third kappa shape index (κ3) is 4.07. The van der Waals surface area contributed by atoms with E-state index in [1.54, 1.807) is 25.6 Å². The van der Waals surface area contributed by atoms with Crippen LogP contribution in [0.2, 0.25) is 0 Å². The molecule has 1 aliphatic rings. The van der Waals surface area contributed by atoms with E-state index in [9.17, 15) is 9.59 Å². The smallest absolute Gasteiger partial charge is 0.255 e. The number of carbonyl (C=O) groups excluding carboxylic acids is 2. The summed E-state index contributed by atoms with van der Waals surface area (Å²) in [5.41, 5.74) is 2.67. The highest BCUT2D eigenvalue weighted by Crippen LogP contribution is 2.21. The van der Waals surface area contributed by atoms with Gasteiger partial charge in [0.2, 0.25) is 5.91 Å². The van der Waals surface area contributed by atoms with Crippen LogP contribution >= 0.6 is 0 Å². The Balaban J connectivity index is 1.63. The van der Waals surface area contributed by atoms with Crippen molar-refractivity contribution >= 4 is 11.8 Å². The summed E-state index contributed by atoms with van der Waals surface area (Å²) in [7, 11) is 1.62. The van der Waals surface area contributed by atoms with Gasteiger partial charge in [0.1, 0.15) is 5.75 Å². The zero-order chi connectivity index (χ0) is 18.5. The third-order valence-electron chi connectivity index (χ3n) is 4.76. The molecule has 26 heavy (non-hydrogen) atoms. The van der Waals surface area contributed by atoms with Gasteiger partial charge in [-0.2, -0.15) is 0 Å². The fraction of sp³-hybridized carbons (Fsp3) is 0.400. The largest absolute Gasteiger partial charge is 0.496 e. The van der Waals surface area contributed by atoms with Crippen molar-refractivity contribution in [3.8, 4) is 5.75 Å². The van der Waals surface area contributed by atoms with Gasteiger partial charge in [-0.05, 0) is 25.5 Å². The molecule has 6 heteroatoms. The SMILES string of the molecule is COc1ccc(C)cc1CC(=O)N1CCCN(C(=O)c2cc[nH]c2)CC1. The molecule has 3 rings (SSSR count). The van der Waals surface area contributed by atoms with Gasteiger partial charge < -0.3 is 19.5 Å². The minimum absolute atomic E-state index is 0.0147. The van der Waals surface area contributed by atoms with E-state index in [1.165, 1.54) is 0 Å². The molecule has 2 aromatic rings. The van der Waals surface area contributed by atoms with Crippen molar-refractivity contribution in [2.24, 2.45) is 0 Å². The molecule has 0 radical (unpaired) electrons. The van der Waals surface area contributed by atoms with Crippen molar-refractivity contribution in [3.05, 3.63) is 53.3 Å². The molecule has 0 atom stereocenters. The van der Waals surface area contributed by atoms with E-state index in [-0.39, 0.29) is 11.8 Å². The molecule has 1 aliphatic heterocycles. The maximum Gasteiger partial charge on any atom is 0.255 e. The number of H-pyrrole nitrogens is 1. The van der Waals surface area contributed by atoms with Gasteiger partial charge in [0, 0.05) is 44.1 Å². The lowest BCUT2D eigenvalue weighted by atomic mass is 10.1. The van der Waals surface area contributed by atoms with Crippen LogP contribution in [0.25, 0.3) is 0 Å². The summed E-state index contributed by atoms with van der Waals surface area (Å²) in [6, 6.07) is 7.65. The second-order valence-corrected chi connectivity index (χ2v) is 6.62. The zero-order valence-corrected chi connectivity index (χ0v) is 15.3. The van der Waals surface area contributed by atoms with Crippen LogP contribution in [-0.4, -0.2) is 59.9 Å². The number of amides is 2. The quantitative estimate of drug-likeness (QED) is 0.915. The van der Waals surface area contributed by atoms with Gasteiger partial charge in [0.15, 0.2) is 0 Å². The zero-order valence-electron chi connectivity index (χ0n) is 15.3. The first-order valence-corrected chi connectivity index (χ1v) is 8.92. The van der Waals surface area contributed by atoms with Crippen LogP contribution in [-0.2, 0) is 11.2 Å². The molecule has 1 aromatic heterocycles. The van der Waals surface area contributed by atoms with Gasteiger partial charge in [-0.3, -0.25) is 9.59 Å². The lowest BCUT2D eigenvalue weighted by molar-refractivity contribution is -0.130. The van der Waals surface area contributed by atoms with E-state index in [2.05, 4.69) is 4.98 Å². The summed E-state index contributed by atoms with van der Waals surface area (Å²) in [4.78, 5) is 31.8. The van der Waals surface area contributed by atoms with Crippen molar-refractivity contribution in [1.82, 2.24) is 14.8 Å². The first kappa shape index (κ1) is 18.0. The molecule has 0 saturated carbocycles. The first-order chi connectivity index (χ1) is 12.6.